The van der Waals surface area contributed by atoms with Gasteiger partial charge in [0.1, 0.15) is 17.6 Å². The summed E-state index contributed by atoms with van der Waals surface area (Å²) in [5.41, 5.74) is 2.94. The Hall–Kier alpha value is -2.45. The van der Waals surface area contributed by atoms with Crippen LogP contribution in [0.1, 0.15) is 29.1 Å². The summed E-state index contributed by atoms with van der Waals surface area (Å²) < 4.78 is 11.9. The Kier molecular flexibility index (Phi) is 6.64. The van der Waals surface area contributed by atoms with Crippen molar-refractivity contribution in [2.45, 2.75) is 19.0 Å². The number of rotatable bonds is 6. The van der Waals surface area contributed by atoms with E-state index in [2.05, 4.69) is 20.1 Å². The quantitative estimate of drug-likeness (QED) is 0.515. The second-order valence-electron chi connectivity index (χ2n) is 8.39. The topological polar surface area (TPSA) is 53.8 Å². The van der Waals surface area contributed by atoms with Crippen LogP contribution in [0, 0.1) is 6.92 Å². The first kappa shape index (κ1) is 22.3. The molecule has 1 aromatic carbocycles. The summed E-state index contributed by atoms with van der Waals surface area (Å²) in [4.78, 5) is 9.26. The van der Waals surface area contributed by atoms with Gasteiger partial charge in [-0.15, -0.1) is 0 Å². The molecule has 4 heterocycles. The standard InChI is InChI=1S/C25H27ClN4O2S/c1-17-18(5-4-6-19(17)26)21-8-9-22(32-21)24-23(20-7-2-3-10-27-20)28-25(33)30(24)12-11-29-13-15-31-16-14-29/h2-10,23-24H,11-16H2,1H3,(H,28,33). The fourth-order valence-corrected chi connectivity index (χ4v) is 5.07. The second-order valence-corrected chi connectivity index (χ2v) is 9.18. The van der Waals surface area contributed by atoms with Crippen LogP contribution >= 0.6 is 23.8 Å². The van der Waals surface area contributed by atoms with Gasteiger partial charge in [0.15, 0.2) is 5.11 Å². The molecule has 0 saturated carbocycles. The number of benzene rings is 1. The smallest absolute Gasteiger partial charge is 0.170 e. The van der Waals surface area contributed by atoms with Crippen molar-refractivity contribution in [1.29, 1.82) is 0 Å². The molecular formula is C25H27ClN4O2S. The first-order chi connectivity index (χ1) is 16.1. The number of morpholine rings is 1. The van der Waals surface area contributed by atoms with Gasteiger partial charge in [0, 0.05) is 43.0 Å². The van der Waals surface area contributed by atoms with Crippen LogP contribution in [0.4, 0.5) is 0 Å². The predicted octanol–water partition coefficient (Wildman–Crippen LogP) is 4.61. The Bertz CT molecular complexity index is 1120. The zero-order valence-corrected chi connectivity index (χ0v) is 20.1. The summed E-state index contributed by atoms with van der Waals surface area (Å²) in [7, 11) is 0. The average molecular weight is 483 g/mol. The van der Waals surface area contributed by atoms with Gasteiger partial charge in [-0.05, 0) is 55.0 Å². The van der Waals surface area contributed by atoms with Crippen molar-refractivity contribution in [2.75, 3.05) is 39.4 Å². The minimum Gasteiger partial charge on any atom is -0.459 e. The average Bonchev–Trinajstić information content (AvgIpc) is 3.45. The van der Waals surface area contributed by atoms with Gasteiger partial charge >= 0.3 is 0 Å². The van der Waals surface area contributed by atoms with Gasteiger partial charge in [-0.25, -0.2) is 0 Å². The van der Waals surface area contributed by atoms with Crippen LogP contribution in [-0.4, -0.2) is 59.3 Å². The molecule has 172 valence electrons. The third-order valence-electron chi connectivity index (χ3n) is 6.41. The Balaban J connectivity index is 1.46. The number of hydrogen-bond donors (Lipinski definition) is 1. The van der Waals surface area contributed by atoms with E-state index in [1.165, 1.54) is 0 Å². The van der Waals surface area contributed by atoms with Crippen molar-refractivity contribution in [2.24, 2.45) is 0 Å². The summed E-state index contributed by atoms with van der Waals surface area (Å²) in [6, 6.07) is 15.7. The van der Waals surface area contributed by atoms with Gasteiger partial charge in [-0.3, -0.25) is 9.88 Å². The summed E-state index contributed by atoms with van der Waals surface area (Å²) in [6.07, 6.45) is 1.82. The number of nitrogens with zero attached hydrogens (tertiary/aromatic N) is 3. The first-order valence-corrected chi connectivity index (χ1v) is 12.0. The Morgan fingerprint density at radius 1 is 1.09 bits per heavy atom. The maximum atomic E-state index is 6.45. The summed E-state index contributed by atoms with van der Waals surface area (Å²) in [5.74, 6) is 1.66. The molecule has 5 rings (SSSR count). The summed E-state index contributed by atoms with van der Waals surface area (Å²) in [6.45, 7) is 7.18. The van der Waals surface area contributed by atoms with Gasteiger partial charge in [0.2, 0.25) is 0 Å². The Labute approximate surface area is 204 Å². The molecule has 2 aliphatic rings. The van der Waals surface area contributed by atoms with E-state index < -0.39 is 0 Å². The monoisotopic (exact) mass is 482 g/mol. The van der Waals surface area contributed by atoms with E-state index in [0.29, 0.717) is 0 Å². The number of halogens is 1. The molecule has 0 spiro atoms. The van der Waals surface area contributed by atoms with Gasteiger partial charge < -0.3 is 19.4 Å². The van der Waals surface area contributed by atoms with E-state index in [1.54, 1.807) is 0 Å². The number of furan rings is 1. The number of ether oxygens (including phenoxy) is 1. The Morgan fingerprint density at radius 3 is 2.73 bits per heavy atom. The molecule has 0 aliphatic carbocycles. The molecule has 8 heteroatoms. The van der Waals surface area contributed by atoms with Crippen molar-refractivity contribution >= 4 is 28.9 Å². The molecule has 2 fully saturated rings. The van der Waals surface area contributed by atoms with Gasteiger partial charge in [0.25, 0.3) is 0 Å². The minimum absolute atomic E-state index is 0.0946. The third kappa shape index (κ3) is 4.64. The van der Waals surface area contributed by atoms with E-state index >= 15 is 0 Å². The predicted molar refractivity (Wildman–Crippen MR) is 133 cm³/mol. The molecule has 0 radical (unpaired) electrons. The highest BCUT2D eigenvalue weighted by atomic mass is 35.5. The minimum atomic E-state index is -0.0957. The van der Waals surface area contributed by atoms with Crippen molar-refractivity contribution in [3.8, 4) is 11.3 Å². The molecule has 2 aliphatic heterocycles. The fraction of sp³-hybridized carbons (Fsp3) is 0.360. The zero-order chi connectivity index (χ0) is 22.8. The highest BCUT2D eigenvalue weighted by molar-refractivity contribution is 7.80. The number of thiocarbonyl (C=S) groups is 1. The van der Waals surface area contributed by atoms with Gasteiger partial charge in [-0.2, -0.15) is 0 Å². The van der Waals surface area contributed by atoms with Crippen LogP contribution in [0.15, 0.2) is 59.1 Å². The molecular weight excluding hydrogens is 456 g/mol. The van der Waals surface area contributed by atoms with Gasteiger partial charge in [0.05, 0.1) is 24.9 Å². The van der Waals surface area contributed by atoms with Crippen molar-refractivity contribution < 1.29 is 9.15 Å². The number of aromatic nitrogens is 1. The summed E-state index contributed by atoms with van der Waals surface area (Å²) >= 11 is 12.1. The van der Waals surface area contributed by atoms with E-state index in [-0.39, 0.29) is 12.1 Å². The van der Waals surface area contributed by atoms with Crippen LogP contribution in [0.5, 0.6) is 0 Å². The van der Waals surface area contributed by atoms with E-state index in [1.807, 2.05) is 61.7 Å². The number of pyridine rings is 1. The highest BCUT2D eigenvalue weighted by Crippen LogP contribution is 2.41. The van der Waals surface area contributed by atoms with Crippen LogP contribution in [0.2, 0.25) is 5.02 Å². The molecule has 33 heavy (non-hydrogen) atoms. The van der Waals surface area contributed by atoms with Crippen LogP contribution in [0.25, 0.3) is 11.3 Å². The SMILES string of the molecule is Cc1c(Cl)cccc1-c1ccc(C2C(c3ccccn3)NC(=S)N2CCN2CCOCC2)o1. The molecule has 2 aromatic heterocycles. The molecule has 2 saturated heterocycles. The summed E-state index contributed by atoms with van der Waals surface area (Å²) in [5, 5.41) is 4.95. The fourth-order valence-electron chi connectivity index (χ4n) is 4.56. The van der Waals surface area contributed by atoms with Crippen molar-refractivity contribution in [3.63, 3.8) is 0 Å². The second kappa shape index (κ2) is 9.81. The Morgan fingerprint density at radius 2 is 1.94 bits per heavy atom. The maximum absolute atomic E-state index is 6.45. The lowest BCUT2D eigenvalue weighted by Gasteiger charge is -2.31. The van der Waals surface area contributed by atoms with Crippen molar-refractivity contribution in [1.82, 2.24) is 20.1 Å². The molecule has 1 N–H and O–H groups in total. The zero-order valence-electron chi connectivity index (χ0n) is 18.5. The molecule has 2 atom stereocenters. The van der Waals surface area contributed by atoms with Crippen LogP contribution < -0.4 is 5.32 Å². The van der Waals surface area contributed by atoms with Crippen LogP contribution in [-0.2, 0) is 4.74 Å². The number of hydrogen-bond acceptors (Lipinski definition) is 5. The molecule has 6 nitrogen and oxygen atoms in total. The molecule has 2 unspecified atom stereocenters. The largest absolute Gasteiger partial charge is 0.459 e. The maximum Gasteiger partial charge on any atom is 0.170 e. The molecule has 0 amide bonds. The lowest BCUT2D eigenvalue weighted by Crippen LogP contribution is -2.42. The highest BCUT2D eigenvalue weighted by Gasteiger charge is 2.41. The molecule has 0 bridgehead atoms. The van der Waals surface area contributed by atoms with E-state index in [0.717, 1.165) is 77.9 Å². The van der Waals surface area contributed by atoms with Crippen molar-refractivity contribution in [3.05, 3.63) is 76.8 Å². The van der Waals surface area contributed by atoms with E-state index in [4.69, 9.17) is 33.0 Å². The van der Waals surface area contributed by atoms with E-state index in [9.17, 15) is 0 Å². The lowest BCUT2D eigenvalue weighted by molar-refractivity contribution is 0.0347. The van der Waals surface area contributed by atoms with Gasteiger partial charge in [-0.1, -0.05) is 29.8 Å². The third-order valence-corrected chi connectivity index (χ3v) is 7.17. The normalized spacial score (nSPS) is 21.4. The number of nitrogens with one attached hydrogen (secondary N) is 1. The first-order valence-electron chi connectivity index (χ1n) is 11.2. The lowest BCUT2D eigenvalue weighted by atomic mass is 10.0. The molecule has 3 aromatic rings. The van der Waals surface area contributed by atoms with Crippen LogP contribution in [0.3, 0.4) is 0 Å².